The standard InChI is InChI=1S/C28H42N4O7/c1-3-4-10-31(13-9-29)25(34)17-32-16-20(19-14-22(37-2)27-23(15-19)38-18-39-27)26(28(35)36)21(32)8-12-30-11-6-5-7-24(30)33/h14-15,20-21,26H,3-13,16-18,29H2,1-2H3,(H,35,36)/t20-,21+,26-/m1/s1. The van der Waals surface area contributed by atoms with E-state index >= 15 is 0 Å². The van der Waals surface area contributed by atoms with Crippen LogP contribution in [0.5, 0.6) is 17.2 Å². The Kier molecular flexibility index (Phi) is 9.90. The number of carbonyl (C=O) groups excluding carboxylic acids is 2. The molecule has 4 rings (SSSR count). The highest BCUT2D eigenvalue weighted by Gasteiger charge is 2.48. The summed E-state index contributed by atoms with van der Waals surface area (Å²) in [4.78, 5) is 44.3. The zero-order valence-corrected chi connectivity index (χ0v) is 23.1. The lowest BCUT2D eigenvalue weighted by Crippen LogP contribution is -2.47. The van der Waals surface area contributed by atoms with Gasteiger partial charge in [0.2, 0.25) is 24.4 Å². The van der Waals surface area contributed by atoms with Gasteiger partial charge in [-0.3, -0.25) is 19.3 Å². The molecule has 2 fully saturated rings. The van der Waals surface area contributed by atoms with Crippen molar-refractivity contribution in [2.24, 2.45) is 11.7 Å². The normalized spacial score (nSPS) is 22.8. The molecule has 3 N–H and O–H groups in total. The molecule has 0 radical (unpaired) electrons. The zero-order chi connectivity index (χ0) is 27.9. The van der Waals surface area contributed by atoms with E-state index in [0.717, 1.165) is 31.2 Å². The smallest absolute Gasteiger partial charge is 0.308 e. The van der Waals surface area contributed by atoms with Crippen LogP contribution in [0, 0.1) is 5.92 Å². The van der Waals surface area contributed by atoms with E-state index in [1.165, 1.54) is 7.11 Å². The summed E-state index contributed by atoms with van der Waals surface area (Å²) in [7, 11) is 1.54. The molecule has 3 aliphatic heterocycles. The van der Waals surface area contributed by atoms with E-state index < -0.39 is 23.8 Å². The molecule has 1 aromatic rings. The summed E-state index contributed by atoms with van der Waals surface area (Å²) < 4.78 is 16.7. The molecular weight excluding hydrogens is 504 g/mol. The van der Waals surface area contributed by atoms with Crippen LogP contribution in [0.2, 0.25) is 0 Å². The maximum atomic E-state index is 13.4. The van der Waals surface area contributed by atoms with Crippen LogP contribution >= 0.6 is 0 Å². The number of unbranched alkanes of at least 4 members (excludes halogenated alkanes) is 1. The fraction of sp³-hybridized carbons (Fsp3) is 0.679. The van der Waals surface area contributed by atoms with Crippen LogP contribution in [0.4, 0.5) is 0 Å². The van der Waals surface area contributed by atoms with E-state index in [1.807, 2.05) is 21.9 Å². The summed E-state index contributed by atoms with van der Waals surface area (Å²) in [6.45, 7) is 5.24. The maximum Gasteiger partial charge on any atom is 0.308 e. The quantitative estimate of drug-likeness (QED) is 0.380. The van der Waals surface area contributed by atoms with Crippen molar-refractivity contribution in [3.8, 4) is 17.2 Å². The van der Waals surface area contributed by atoms with Gasteiger partial charge in [-0.2, -0.15) is 0 Å². The largest absolute Gasteiger partial charge is 0.493 e. The van der Waals surface area contributed by atoms with E-state index in [-0.39, 0.29) is 25.2 Å². The Balaban J connectivity index is 1.62. The molecule has 3 heterocycles. The van der Waals surface area contributed by atoms with Gasteiger partial charge in [0.25, 0.3) is 0 Å². The topological polar surface area (TPSA) is 135 Å². The van der Waals surface area contributed by atoms with Crippen molar-refractivity contribution in [3.05, 3.63) is 17.7 Å². The van der Waals surface area contributed by atoms with E-state index in [9.17, 15) is 19.5 Å². The number of nitrogens with two attached hydrogens (primary N) is 1. The van der Waals surface area contributed by atoms with Crippen molar-refractivity contribution in [1.29, 1.82) is 0 Å². The number of hydrogen-bond donors (Lipinski definition) is 2. The van der Waals surface area contributed by atoms with Crippen molar-refractivity contribution in [3.63, 3.8) is 0 Å². The van der Waals surface area contributed by atoms with Gasteiger partial charge in [0.05, 0.1) is 19.6 Å². The molecule has 2 amide bonds. The lowest BCUT2D eigenvalue weighted by Gasteiger charge is -2.32. The number of carbonyl (C=O) groups is 3. The molecule has 11 heteroatoms. The molecule has 0 aromatic heterocycles. The van der Waals surface area contributed by atoms with Gasteiger partial charge in [-0.05, 0) is 43.4 Å². The first kappa shape index (κ1) is 28.9. The summed E-state index contributed by atoms with van der Waals surface area (Å²) in [5.74, 6) is -0.533. The predicted molar refractivity (Wildman–Crippen MR) is 144 cm³/mol. The van der Waals surface area contributed by atoms with Crippen molar-refractivity contribution in [2.45, 2.75) is 57.4 Å². The number of ether oxygens (including phenoxy) is 3. The van der Waals surface area contributed by atoms with Gasteiger partial charge in [-0.15, -0.1) is 0 Å². The van der Waals surface area contributed by atoms with E-state index in [1.54, 1.807) is 4.90 Å². The SMILES string of the molecule is CCCCN(CCN)C(=O)CN1C[C@H](c2cc(OC)c3c(c2)OCO3)[C@@H](C(=O)O)[C@@H]1CCN1CCCCC1=O. The molecule has 0 unspecified atom stereocenters. The van der Waals surface area contributed by atoms with Gasteiger partial charge in [0, 0.05) is 57.6 Å². The highest BCUT2D eigenvalue weighted by Crippen LogP contribution is 2.47. The highest BCUT2D eigenvalue weighted by molar-refractivity contribution is 5.79. The van der Waals surface area contributed by atoms with Crippen LogP contribution in [0.3, 0.4) is 0 Å². The van der Waals surface area contributed by atoms with Gasteiger partial charge in [0.15, 0.2) is 11.5 Å². The van der Waals surface area contributed by atoms with Crippen molar-refractivity contribution >= 4 is 17.8 Å². The lowest BCUT2D eigenvalue weighted by atomic mass is 9.84. The summed E-state index contributed by atoms with van der Waals surface area (Å²) in [6.07, 6.45) is 4.68. The number of likely N-dealkylation sites (tertiary alicyclic amines) is 2. The molecule has 2 saturated heterocycles. The van der Waals surface area contributed by atoms with Crippen molar-refractivity contribution in [2.75, 3.05) is 59.7 Å². The Hall–Kier alpha value is -3.05. The van der Waals surface area contributed by atoms with E-state index in [4.69, 9.17) is 19.9 Å². The van der Waals surface area contributed by atoms with Gasteiger partial charge in [0.1, 0.15) is 0 Å². The number of methoxy groups -OCH3 is 1. The van der Waals surface area contributed by atoms with E-state index in [0.29, 0.717) is 69.4 Å². The molecule has 39 heavy (non-hydrogen) atoms. The third-order valence-corrected chi connectivity index (χ3v) is 8.13. The predicted octanol–water partition coefficient (Wildman–Crippen LogP) is 1.88. The highest BCUT2D eigenvalue weighted by atomic mass is 16.7. The summed E-state index contributed by atoms with van der Waals surface area (Å²) >= 11 is 0. The number of rotatable bonds is 13. The van der Waals surface area contributed by atoms with Crippen LogP contribution in [-0.2, 0) is 14.4 Å². The second kappa shape index (κ2) is 13.3. The molecule has 1 aromatic carbocycles. The first-order chi connectivity index (χ1) is 18.9. The maximum absolute atomic E-state index is 13.4. The van der Waals surface area contributed by atoms with E-state index in [2.05, 4.69) is 6.92 Å². The van der Waals surface area contributed by atoms with Crippen LogP contribution in [0.25, 0.3) is 0 Å². The Bertz CT molecular complexity index is 1040. The number of carboxylic acid groups (broad SMARTS) is 1. The summed E-state index contributed by atoms with van der Waals surface area (Å²) in [6, 6.07) is 3.21. The number of benzene rings is 1. The lowest BCUT2D eigenvalue weighted by molar-refractivity contribution is -0.144. The average molecular weight is 547 g/mol. The second-order valence-electron chi connectivity index (χ2n) is 10.6. The first-order valence-electron chi connectivity index (χ1n) is 14.1. The molecule has 11 nitrogen and oxygen atoms in total. The number of carboxylic acids is 1. The third kappa shape index (κ3) is 6.58. The van der Waals surface area contributed by atoms with Gasteiger partial charge in [-0.1, -0.05) is 13.3 Å². The van der Waals surface area contributed by atoms with Crippen LogP contribution in [-0.4, -0.2) is 103 Å². The summed E-state index contributed by atoms with van der Waals surface area (Å²) in [5, 5.41) is 10.5. The molecule has 3 atom stereocenters. The Morgan fingerprint density at radius 1 is 1.23 bits per heavy atom. The minimum atomic E-state index is -0.925. The molecule has 0 bridgehead atoms. The minimum Gasteiger partial charge on any atom is -0.493 e. The summed E-state index contributed by atoms with van der Waals surface area (Å²) in [5.41, 5.74) is 6.56. The number of nitrogens with zero attached hydrogens (tertiary/aromatic N) is 3. The number of amides is 2. The van der Waals surface area contributed by atoms with Crippen molar-refractivity contribution in [1.82, 2.24) is 14.7 Å². The minimum absolute atomic E-state index is 0.0546. The first-order valence-corrected chi connectivity index (χ1v) is 14.1. The molecule has 0 aliphatic carbocycles. The van der Waals surface area contributed by atoms with Crippen LogP contribution < -0.4 is 19.9 Å². The monoisotopic (exact) mass is 546 g/mol. The fourth-order valence-electron chi connectivity index (χ4n) is 6.08. The second-order valence-corrected chi connectivity index (χ2v) is 10.6. The van der Waals surface area contributed by atoms with Gasteiger partial charge < -0.3 is 34.9 Å². The Labute approximate surface area is 230 Å². The molecule has 0 spiro atoms. The molecule has 216 valence electrons. The molecular formula is C28H42N4O7. The number of piperidine rings is 1. The van der Waals surface area contributed by atoms with Crippen LogP contribution in [0.15, 0.2) is 12.1 Å². The van der Waals surface area contributed by atoms with Gasteiger partial charge >= 0.3 is 5.97 Å². The third-order valence-electron chi connectivity index (χ3n) is 8.13. The molecule has 0 saturated carbocycles. The Morgan fingerprint density at radius 3 is 2.74 bits per heavy atom. The van der Waals surface area contributed by atoms with Crippen molar-refractivity contribution < 1.29 is 33.7 Å². The average Bonchev–Trinajstić information content (AvgIpc) is 3.54. The zero-order valence-electron chi connectivity index (χ0n) is 23.1. The fourth-order valence-corrected chi connectivity index (χ4v) is 6.08. The molecule has 3 aliphatic rings. The van der Waals surface area contributed by atoms with Gasteiger partial charge in [-0.25, -0.2) is 0 Å². The number of aliphatic carboxylic acids is 1. The van der Waals surface area contributed by atoms with Crippen LogP contribution in [0.1, 0.15) is 56.9 Å². The number of fused-ring (bicyclic) bond motifs is 1. The Morgan fingerprint density at radius 2 is 2.05 bits per heavy atom. The number of hydrogen-bond acceptors (Lipinski definition) is 8.